The van der Waals surface area contributed by atoms with E-state index in [4.69, 9.17) is 5.26 Å². The summed E-state index contributed by atoms with van der Waals surface area (Å²) in [6.45, 7) is 0. The lowest BCUT2D eigenvalue weighted by molar-refractivity contribution is -0.121. The number of hydrogen-bond donors (Lipinski definition) is 1. The van der Waals surface area contributed by atoms with Crippen LogP contribution in [0.1, 0.15) is 10.4 Å². The van der Waals surface area contributed by atoms with Crippen LogP contribution in [0.15, 0.2) is 41.1 Å². The molecule has 0 aliphatic heterocycles. The summed E-state index contributed by atoms with van der Waals surface area (Å²) in [5, 5.41) is 15.4. The zero-order valence-corrected chi connectivity index (χ0v) is 12.7. The van der Waals surface area contributed by atoms with Crippen molar-refractivity contribution in [1.29, 1.82) is 5.26 Å². The Labute approximate surface area is 129 Å². The highest BCUT2D eigenvalue weighted by atomic mass is 79.9. The van der Waals surface area contributed by atoms with Gasteiger partial charge < -0.3 is 5.32 Å². The molecule has 0 unspecified atom stereocenters. The van der Waals surface area contributed by atoms with Gasteiger partial charge in [-0.25, -0.2) is 4.68 Å². The standard InChI is InChI=1S/C14H11BrN4O2/c1-17-14(21)12(6-16)13(20)9-3-2-4-11(5-9)19-8-10(15)7-18-19/h2-5,7-8,12H,1H3,(H,17,21)/t12-/m0/s1. The van der Waals surface area contributed by atoms with Crippen molar-refractivity contribution in [3.05, 3.63) is 46.7 Å². The summed E-state index contributed by atoms with van der Waals surface area (Å²) < 4.78 is 2.39. The predicted octanol–water partition coefficient (Wildman–Crippen LogP) is 1.70. The molecule has 0 radical (unpaired) electrons. The van der Waals surface area contributed by atoms with Crippen LogP contribution in [0.25, 0.3) is 5.69 Å². The average Bonchev–Trinajstić information content (AvgIpc) is 2.94. The van der Waals surface area contributed by atoms with Gasteiger partial charge in [-0.2, -0.15) is 10.4 Å². The minimum absolute atomic E-state index is 0.286. The molecule has 0 aliphatic rings. The van der Waals surface area contributed by atoms with Gasteiger partial charge in [0.05, 0.1) is 22.4 Å². The minimum Gasteiger partial charge on any atom is -0.358 e. The third-order valence-corrected chi connectivity index (χ3v) is 3.26. The molecule has 0 aliphatic carbocycles. The fraction of sp³-hybridized carbons (Fsp3) is 0.143. The average molecular weight is 347 g/mol. The van der Waals surface area contributed by atoms with Crippen molar-refractivity contribution in [1.82, 2.24) is 15.1 Å². The van der Waals surface area contributed by atoms with E-state index in [2.05, 4.69) is 26.3 Å². The van der Waals surface area contributed by atoms with Gasteiger partial charge in [0.2, 0.25) is 5.91 Å². The van der Waals surface area contributed by atoms with Crippen LogP contribution in [-0.2, 0) is 4.79 Å². The van der Waals surface area contributed by atoms with Crippen LogP contribution in [0.3, 0.4) is 0 Å². The number of carbonyl (C=O) groups excluding carboxylic acids is 2. The summed E-state index contributed by atoms with van der Waals surface area (Å²) in [6.07, 6.45) is 3.36. The number of Topliss-reactive ketones (excluding diaryl/α,β-unsaturated/α-hetero) is 1. The molecule has 6 nitrogen and oxygen atoms in total. The molecule has 0 fully saturated rings. The number of aromatic nitrogens is 2. The molecule has 1 heterocycles. The number of ketones is 1. The van der Waals surface area contributed by atoms with E-state index in [1.165, 1.54) is 7.05 Å². The molecule has 7 heteroatoms. The smallest absolute Gasteiger partial charge is 0.245 e. The molecular formula is C14H11BrN4O2. The topological polar surface area (TPSA) is 87.8 Å². The monoisotopic (exact) mass is 346 g/mol. The van der Waals surface area contributed by atoms with Crippen LogP contribution in [0.4, 0.5) is 0 Å². The highest BCUT2D eigenvalue weighted by Crippen LogP contribution is 2.16. The van der Waals surface area contributed by atoms with E-state index in [9.17, 15) is 9.59 Å². The summed E-state index contributed by atoms with van der Waals surface area (Å²) in [5.41, 5.74) is 0.953. The van der Waals surface area contributed by atoms with Crippen LogP contribution in [0.2, 0.25) is 0 Å². The molecule has 21 heavy (non-hydrogen) atoms. The Hall–Kier alpha value is -2.46. The lowest BCUT2D eigenvalue weighted by Crippen LogP contribution is -2.32. The van der Waals surface area contributed by atoms with Gasteiger partial charge in [0.25, 0.3) is 0 Å². The van der Waals surface area contributed by atoms with E-state index >= 15 is 0 Å². The second-order valence-corrected chi connectivity index (χ2v) is 5.11. The van der Waals surface area contributed by atoms with Gasteiger partial charge in [-0.05, 0) is 28.1 Å². The van der Waals surface area contributed by atoms with Gasteiger partial charge >= 0.3 is 0 Å². The first-order valence-corrected chi connectivity index (χ1v) is 6.82. The van der Waals surface area contributed by atoms with Crippen molar-refractivity contribution < 1.29 is 9.59 Å². The van der Waals surface area contributed by atoms with Crippen molar-refractivity contribution in [2.24, 2.45) is 5.92 Å². The molecule has 0 bridgehead atoms. The van der Waals surface area contributed by atoms with Crippen LogP contribution < -0.4 is 5.32 Å². The van der Waals surface area contributed by atoms with Gasteiger partial charge in [-0.15, -0.1) is 0 Å². The molecule has 1 atom stereocenters. The Morgan fingerprint density at radius 1 is 1.48 bits per heavy atom. The minimum atomic E-state index is -1.35. The summed E-state index contributed by atoms with van der Waals surface area (Å²) in [7, 11) is 1.39. The molecule has 106 valence electrons. The van der Waals surface area contributed by atoms with Gasteiger partial charge in [0.1, 0.15) is 0 Å². The molecular weight excluding hydrogens is 336 g/mol. The molecule has 1 amide bonds. The van der Waals surface area contributed by atoms with Crippen LogP contribution >= 0.6 is 15.9 Å². The maximum atomic E-state index is 12.2. The number of hydrogen-bond acceptors (Lipinski definition) is 4. The number of benzene rings is 1. The normalized spacial score (nSPS) is 11.5. The Morgan fingerprint density at radius 3 is 2.81 bits per heavy atom. The van der Waals surface area contributed by atoms with Crippen LogP contribution in [0.5, 0.6) is 0 Å². The van der Waals surface area contributed by atoms with Gasteiger partial charge in [0.15, 0.2) is 11.7 Å². The van der Waals surface area contributed by atoms with Crippen molar-refractivity contribution in [3.63, 3.8) is 0 Å². The van der Waals surface area contributed by atoms with Crippen LogP contribution in [-0.4, -0.2) is 28.5 Å². The number of nitrogens with one attached hydrogen (secondary N) is 1. The third-order valence-electron chi connectivity index (χ3n) is 2.85. The van der Waals surface area contributed by atoms with E-state index in [0.29, 0.717) is 5.69 Å². The fourth-order valence-electron chi connectivity index (χ4n) is 1.79. The van der Waals surface area contributed by atoms with E-state index in [1.807, 2.05) is 0 Å². The molecule has 0 spiro atoms. The number of carbonyl (C=O) groups is 2. The molecule has 0 saturated heterocycles. The van der Waals surface area contributed by atoms with Crippen molar-refractivity contribution in [2.45, 2.75) is 0 Å². The fourth-order valence-corrected chi connectivity index (χ4v) is 2.08. The van der Waals surface area contributed by atoms with E-state index in [1.54, 1.807) is 47.4 Å². The van der Waals surface area contributed by atoms with Crippen molar-refractivity contribution in [2.75, 3.05) is 7.05 Å². The van der Waals surface area contributed by atoms with Gasteiger partial charge in [-0.1, -0.05) is 12.1 Å². The molecule has 1 N–H and O–H groups in total. The Morgan fingerprint density at radius 2 is 2.24 bits per heavy atom. The maximum Gasteiger partial charge on any atom is 0.245 e. The summed E-state index contributed by atoms with van der Waals surface area (Å²) in [5.74, 6) is -2.51. The second kappa shape index (κ2) is 6.33. The van der Waals surface area contributed by atoms with Crippen LogP contribution in [0, 0.1) is 17.2 Å². The quantitative estimate of drug-likeness (QED) is 0.674. The molecule has 1 aromatic heterocycles. The van der Waals surface area contributed by atoms with E-state index in [-0.39, 0.29) is 5.56 Å². The molecule has 0 saturated carbocycles. The Kier molecular flexibility index (Phi) is 4.50. The zero-order valence-electron chi connectivity index (χ0n) is 11.1. The van der Waals surface area contributed by atoms with Crippen molar-refractivity contribution in [3.8, 4) is 11.8 Å². The van der Waals surface area contributed by atoms with E-state index in [0.717, 1.165) is 4.47 Å². The number of rotatable bonds is 4. The number of nitrogens with zero attached hydrogens (tertiary/aromatic N) is 3. The Balaban J connectivity index is 2.35. The van der Waals surface area contributed by atoms with Crippen molar-refractivity contribution >= 4 is 27.6 Å². The largest absolute Gasteiger partial charge is 0.358 e. The highest BCUT2D eigenvalue weighted by molar-refractivity contribution is 9.10. The summed E-state index contributed by atoms with van der Waals surface area (Å²) in [6, 6.07) is 8.33. The molecule has 2 rings (SSSR count). The number of nitriles is 1. The third kappa shape index (κ3) is 3.17. The first-order valence-electron chi connectivity index (χ1n) is 6.03. The number of halogens is 1. The first kappa shape index (κ1) is 14.9. The zero-order chi connectivity index (χ0) is 15.4. The lowest BCUT2D eigenvalue weighted by atomic mass is 9.98. The number of amides is 1. The summed E-state index contributed by atoms with van der Waals surface area (Å²) >= 11 is 3.29. The van der Waals surface area contributed by atoms with Gasteiger partial charge in [0, 0.05) is 18.8 Å². The predicted molar refractivity (Wildman–Crippen MR) is 78.8 cm³/mol. The second-order valence-electron chi connectivity index (χ2n) is 4.19. The Bertz CT molecular complexity index is 733. The molecule has 2 aromatic rings. The maximum absolute atomic E-state index is 12.2. The molecule has 1 aromatic carbocycles. The lowest BCUT2D eigenvalue weighted by Gasteiger charge is -2.08. The summed E-state index contributed by atoms with van der Waals surface area (Å²) in [4.78, 5) is 23.8. The highest BCUT2D eigenvalue weighted by Gasteiger charge is 2.26. The van der Waals surface area contributed by atoms with Gasteiger partial charge in [-0.3, -0.25) is 9.59 Å². The first-order chi connectivity index (χ1) is 10.1. The SMILES string of the molecule is CNC(=O)[C@@H](C#N)C(=O)c1cccc(-n2cc(Br)cn2)c1. The van der Waals surface area contributed by atoms with E-state index < -0.39 is 17.6 Å².